The number of unbranched alkanes of at least 4 members (excludes halogenated alkanes) is 3. The quantitative estimate of drug-likeness (QED) is 0.314. The fourth-order valence-electron chi connectivity index (χ4n) is 0.842. The number of ether oxygens (including phenoxy) is 1. The lowest BCUT2D eigenvalue weighted by molar-refractivity contribution is -0.107. The van der Waals surface area contributed by atoms with Crippen molar-refractivity contribution in [3.63, 3.8) is 0 Å². The van der Waals surface area contributed by atoms with Crippen LogP contribution in [-0.4, -0.2) is 19.5 Å². The molecule has 0 aromatic carbocycles. The zero-order valence-corrected chi connectivity index (χ0v) is 7.42. The molecule has 12 heavy (non-hydrogen) atoms. The van der Waals surface area contributed by atoms with E-state index in [2.05, 4.69) is 5.92 Å². The summed E-state index contributed by atoms with van der Waals surface area (Å²) in [5, 5.41) is 0. The molecule has 2 nitrogen and oxygen atoms in total. The molecular formula is C10H16O2. The predicted octanol–water partition coefficient (Wildman–Crippen LogP) is 1.79. The second kappa shape index (κ2) is 10.2. The molecule has 0 saturated carbocycles. The molecule has 0 aliphatic heterocycles. The Morgan fingerprint density at radius 3 is 2.75 bits per heavy atom. The Morgan fingerprint density at radius 1 is 1.25 bits per heavy atom. The van der Waals surface area contributed by atoms with Gasteiger partial charge in [0.15, 0.2) is 0 Å². The molecule has 0 unspecified atom stereocenters. The van der Waals surface area contributed by atoms with Gasteiger partial charge in [0.25, 0.3) is 0 Å². The van der Waals surface area contributed by atoms with Crippen molar-refractivity contribution in [1.29, 1.82) is 0 Å². The number of hydrogen-bond donors (Lipinski definition) is 0. The standard InChI is InChI=1S/C10H16O2/c1-2-3-9-12-10-7-5-4-6-8-11/h1,8H,3-7,9-10H2. The predicted molar refractivity (Wildman–Crippen MR) is 48.8 cm³/mol. The summed E-state index contributed by atoms with van der Waals surface area (Å²) in [5.41, 5.74) is 0. The molecule has 0 aliphatic rings. The fraction of sp³-hybridized carbons (Fsp3) is 0.700. The van der Waals surface area contributed by atoms with Crippen LogP contribution in [0.3, 0.4) is 0 Å². The first kappa shape index (κ1) is 11.2. The van der Waals surface area contributed by atoms with Gasteiger partial charge in [-0.3, -0.25) is 0 Å². The number of carbonyl (C=O) groups excluding carboxylic acids is 1. The average Bonchev–Trinajstić information content (AvgIpc) is 2.10. The third-order valence-electron chi connectivity index (χ3n) is 1.50. The van der Waals surface area contributed by atoms with Crippen LogP contribution in [0.5, 0.6) is 0 Å². The van der Waals surface area contributed by atoms with Crippen molar-refractivity contribution in [2.24, 2.45) is 0 Å². The van der Waals surface area contributed by atoms with Gasteiger partial charge in [-0.25, -0.2) is 0 Å². The molecule has 0 heterocycles. The molecule has 0 aromatic heterocycles. The molecule has 0 spiro atoms. The van der Waals surface area contributed by atoms with E-state index in [0.29, 0.717) is 19.4 Å². The van der Waals surface area contributed by atoms with E-state index in [-0.39, 0.29) is 0 Å². The Morgan fingerprint density at radius 2 is 2.08 bits per heavy atom. The maximum atomic E-state index is 9.93. The summed E-state index contributed by atoms with van der Waals surface area (Å²) in [5.74, 6) is 2.51. The van der Waals surface area contributed by atoms with E-state index in [1.54, 1.807) is 0 Å². The van der Waals surface area contributed by atoms with Crippen LogP contribution in [-0.2, 0) is 9.53 Å². The third-order valence-corrected chi connectivity index (χ3v) is 1.50. The normalized spacial score (nSPS) is 9.25. The molecule has 0 aliphatic carbocycles. The summed E-state index contributed by atoms with van der Waals surface area (Å²) in [7, 11) is 0. The van der Waals surface area contributed by atoms with E-state index in [1.165, 1.54) is 0 Å². The summed E-state index contributed by atoms with van der Waals surface area (Å²) in [4.78, 5) is 9.93. The van der Waals surface area contributed by atoms with Gasteiger partial charge in [-0.15, -0.1) is 12.3 Å². The minimum atomic E-state index is 0.657. The number of hydrogen-bond acceptors (Lipinski definition) is 2. The molecule has 0 bridgehead atoms. The highest BCUT2D eigenvalue weighted by molar-refractivity contribution is 5.48. The van der Waals surface area contributed by atoms with Crippen LogP contribution < -0.4 is 0 Å². The smallest absolute Gasteiger partial charge is 0.119 e. The highest BCUT2D eigenvalue weighted by Gasteiger charge is 1.89. The van der Waals surface area contributed by atoms with Crippen LogP contribution in [0, 0.1) is 12.3 Å². The van der Waals surface area contributed by atoms with Crippen molar-refractivity contribution < 1.29 is 9.53 Å². The maximum Gasteiger partial charge on any atom is 0.119 e. The minimum absolute atomic E-state index is 0.657. The number of rotatable bonds is 8. The van der Waals surface area contributed by atoms with Gasteiger partial charge in [-0.05, 0) is 12.8 Å². The zero-order valence-electron chi connectivity index (χ0n) is 7.42. The van der Waals surface area contributed by atoms with Crippen LogP contribution in [0.25, 0.3) is 0 Å². The molecule has 0 aromatic rings. The van der Waals surface area contributed by atoms with Crippen LogP contribution in [0.15, 0.2) is 0 Å². The van der Waals surface area contributed by atoms with Gasteiger partial charge in [0.1, 0.15) is 6.29 Å². The molecule has 0 radical (unpaired) electrons. The molecule has 0 atom stereocenters. The van der Waals surface area contributed by atoms with Gasteiger partial charge in [0.2, 0.25) is 0 Å². The van der Waals surface area contributed by atoms with Crippen molar-refractivity contribution in [3.8, 4) is 12.3 Å². The first-order valence-electron chi connectivity index (χ1n) is 4.36. The first-order valence-corrected chi connectivity index (χ1v) is 4.36. The van der Waals surface area contributed by atoms with E-state index in [9.17, 15) is 4.79 Å². The Kier molecular flexibility index (Phi) is 9.50. The molecule has 0 fully saturated rings. The molecule has 68 valence electrons. The molecule has 0 amide bonds. The van der Waals surface area contributed by atoms with Crippen LogP contribution in [0.4, 0.5) is 0 Å². The van der Waals surface area contributed by atoms with Crippen molar-refractivity contribution in [3.05, 3.63) is 0 Å². The summed E-state index contributed by atoms with van der Waals surface area (Å²) >= 11 is 0. The summed E-state index contributed by atoms with van der Waals surface area (Å²) in [6.45, 7) is 1.42. The van der Waals surface area contributed by atoms with Gasteiger partial charge in [-0.1, -0.05) is 6.42 Å². The average molecular weight is 168 g/mol. The molecule has 0 saturated heterocycles. The SMILES string of the molecule is C#CCCOCCCCCC=O. The fourth-order valence-corrected chi connectivity index (χ4v) is 0.842. The zero-order chi connectivity index (χ0) is 9.07. The number of carbonyl (C=O) groups is 1. The van der Waals surface area contributed by atoms with E-state index >= 15 is 0 Å². The Bertz CT molecular complexity index is 135. The van der Waals surface area contributed by atoms with Crippen molar-refractivity contribution in [2.75, 3.05) is 13.2 Å². The molecule has 2 heteroatoms. The van der Waals surface area contributed by atoms with Gasteiger partial charge in [-0.2, -0.15) is 0 Å². The summed E-state index contributed by atoms with van der Waals surface area (Å²) in [6.07, 6.45) is 10.4. The molecule has 0 rings (SSSR count). The van der Waals surface area contributed by atoms with E-state index in [4.69, 9.17) is 11.2 Å². The lowest BCUT2D eigenvalue weighted by Crippen LogP contribution is -1.95. The highest BCUT2D eigenvalue weighted by Crippen LogP contribution is 1.98. The summed E-state index contributed by atoms with van der Waals surface area (Å²) < 4.78 is 5.22. The minimum Gasteiger partial charge on any atom is -0.380 e. The second-order valence-corrected chi connectivity index (χ2v) is 2.58. The Balaban J connectivity index is 2.82. The van der Waals surface area contributed by atoms with E-state index in [1.807, 2.05) is 0 Å². The topological polar surface area (TPSA) is 26.3 Å². The van der Waals surface area contributed by atoms with Crippen LogP contribution in [0.2, 0.25) is 0 Å². The van der Waals surface area contributed by atoms with Gasteiger partial charge in [0, 0.05) is 19.4 Å². The lowest BCUT2D eigenvalue weighted by Gasteiger charge is -2.00. The highest BCUT2D eigenvalue weighted by atomic mass is 16.5. The van der Waals surface area contributed by atoms with Crippen molar-refractivity contribution in [2.45, 2.75) is 32.1 Å². The van der Waals surface area contributed by atoms with Gasteiger partial charge in [0.05, 0.1) is 6.61 Å². The Labute approximate surface area is 74.3 Å². The lowest BCUT2D eigenvalue weighted by atomic mass is 10.2. The monoisotopic (exact) mass is 168 g/mol. The van der Waals surface area contributed by atoms with Crippen molar-refractivity contribution >= 4 is 6.29 Å². The first-order chi connectivity index (χ1) is 5.91. The van der Waals surface area contributed by atoms with Gasteiger partial charge < -0.3 is 9.53 Å². The molecular weight excluding hydrogens is 152 g/mol. The van der Waals surface area contributed by atoms with Crippen LogP contribution >= 0.6 is 0 Å². The van der Waals surface area contributed by atoms with E-state index < -0.39 is 0 Å². The van der Waals surface area contributed by atoms with Crippen LogP contribution in [0.1, 0.15) is 32.1 Å². The third kappa shape index (κ3) is 9.19. The molecule has 0 N–H and O–H groups in total. The largest absolute Gasteiger partial charge is 0.380 e. The maximum absolute atomic E-state index is 9.93. The summed E-state index contributed by atoms with van der Waals surface area (Å²) in [6, 6.07) is 0. The Hall–Kier alpha value is -0.810. The number of terminal acetylenes is 1. The second-order valence-electron chi connectivity index (χ2n) is 2.58. The van der Waals surface area contributed by atoms with Crippen molar-refractivity contribution in [1.82, 2.24) is 0 Å². The van der Waals surface area contributed by atoms with E-state index in [0.717, 1.165) is 32.2 Å². The number of aldehydes is 1. The van der Waals surface area contributed by atoms with Gasteiger partial charge >= 0.3 is 0 Å².